The number of amides is 1. The molecule has 0 aliphatic rings. The van der Waals surface area contributed by atoms with Gasteiger partial charge in [-0.05, 0) is 50.1 Å². The summed E-state index contributed by atoms with van der Waals surface area (Å²) in [4.78, 5) is 36.6. The van der Waals surface area contributed by atoms with Gasteiger partial charge in [0.25, 0.3) is 5.69 Å². The van der Waals surface area contributed by atoms with Gasteiger partial charge in [-0.15, -0.1) is 11.3 Å². The van der Waals surface area contributed by atoms with E-state index < -0.39 is 10.9 Å². The summed E-state index contributed by atoms with van der Waals surface area (Å²) in [6.07, 6.45) is 0.730. The van der Waals surface area contributed by atoms with Crippen molar-refractivity contribution >= 4 is 33.9 Å². The highest BCUT2D eigenvalue weighted by molar-refractivity contribution is 7.17. The van der Waals surface area contributed by atoms with Crippen LogP contribution < -0.4 is 10.1 Å². The molecular weight excluding hydrogens is 444 g/mol. The first kappa shape index (κ1) is 23.9. The van der Waals surface area contributed by atoms with E-state index in [0.29, 0.717) is 29.2 Å². The number of para-hydroxylation sites is 1. The molecular formula is C24H24N2O6S. The van der Waals surface area contributed by atoms with Crippen LogP contribution in [0.4, 0.5) is 10.7 Å². The molecule has 0 bridgehead atoms. The lowest BCUT2D eigenvalue weighted by Gasteiger charge is -2.09. The third-order valence-corrected chi connectivity index (χ3v) is 5.76. The fourth-order valence-corrected chi connectivity index (χ4v) is 4.34. The topological polar surface area (TPSA) is 108 Å². The second-order valence-corrected chi connectivity index (χ2v) is 8.30. The van der Waals surface area contributed by atoms with Crippen molar-refractivity contribution < 1.29 is 24.0 Å². The predicted molar refractivity (Wildman–Crippen MR) is 127 cm³/mol. The fraction of sp³-hybridized carbons (Fsp3) is 0.250. The molecule has 1 aromatic heterocycles. The number of anilines is 1. The van der Waals surface area contributed by atoms with Crippen LogP contribution in [0.5, 0.6) is 5.75 Å². The molecule has 3 rings (SSSR count). The summed E-state index contributed by atoms with van der Waals surface area (Å²) in [5.41, 5.74) is 1.43. The van der Waals surface area contributed by atoms with E-state index in [2.05, 4.69) is 5.32 Å². The van der Waals surface area contributed by atoms with E-state index in [1.54, 1.807) is 19.1 Å². The zero-order chi connectivity index (χ0) is 23.8. The molecule has 0 radical (unpaired) electrons. The number of carbonyl (C=O) groups excluding carboxylic acids is 2. The summed E-state index contributed by atoms with van der Waals surface area (Å²) >= 11 is 1.27. The number of hydrogen-bond donors (Lipinski definition) is 1. The summed E-state index contributed by atoms with van der Waals surface area (Å²) in [7, 11) is 0. The Bertz CT molecular complexity index is 1130. The van der Waals surface area contributed by atoms with Gasteiger partial charge in [0.2, 0.25) is 5.91 Å². The quantitative estimate of drug-likeness (QED) is 0.179. The van der Waals surface area contributed by atoms with Gasteiger partial charge in [0.1, 0.15) is 16.3 Å². The molecule has 0 saturated carbocycles. The number of thiophene rings is 1. The molecule has 3 aromatic rings. The maximum atomic E-state index is 12.8. The number of nitro benzene ring substituents is 1. The van der Waals surface area contributed by atoms with Crippen LogP contribution in [0.25, 0.3) is 11.1 Å². The largest absolute Gasteiger partial charge is 0.494 e. The molecule has 0 aliphatic heterocycles. The molecule has 172 valence electrons. The lowest BCUT2D eigenvalue weighted by Crippen LogP contribution is -2.15. The van der Waals surface area contributed by atoms with E-state index in [4.69, 9.17) is 9.47 Å². The predicted octanol–water partition coefficient (Wildman–Crippen LogP) is 5.61. The van der Waals surface area contributed by atoms with Gasteiger partial charge in [-0.25, -0.2) is 4.79 Å². The summed E-state index contributed by atoms with van der Waals surface area (Å²) in [5, 5.41) is 14.2. The van der Waals surface area contributed by atoms with Gasteiger partial charge in [0.05, 0.1) is 18.1 Å². The molecule has 0 unspecified atom stereocenters. The number of non-ortho nitro benzene ring substituents is 1. The van der Waals surface area contributed by atoms with Crippen LogP contribution in [0.1, 0.15) is 35.0 Å². The molecule has 1 N–H and O–H groups in total. The van der Waals surface area contributed by atoms with Crippen LogP contribution in [0, 0.1) is 17.0 Å². The Balaban J connectivity index is 1.75. The first-order chi connectivity index (χ1) is 15.9. The molecule has 0 atom stereocenters. The Labute approximate surface area is 195 Å². The fourth-order valence-electron chi connectivity index (χ4n) is 3.26. The summed E-state index contributed by atoms with van der Waals surface area (Å²) in [6, 6.07) is 15.3. The average molecular weight is 469 g/mol. The average Bonchev–Trinajstić information content (AvgIpc) is 3.13. The van der Waals surface area contributed by atoms with Crippen LogP contribution in [-0.4, -0.2) is 30.0 Å². The zero-order valence-electron chi connectivity index (χ0n) is 18.3. The number of nitrogens with one attached hydrogen (secondary N) is 1. The van der Waals surface area contributed by atoms with E-state index >= 15 is 0 Å². The number of nitrogens with zero attached hydrogens (tertiary/aromatic N) is 1. The first-order valence-corrected chi connectivity index (χ1v) is 11.3. The lowest BCUT2D eigenvalue weighted by atomic mass is 10.0. The Morgan fingerprint density at radius 1 is 1.09 bits per heavy atom. The van der Waals surface area contributed by atoms with Gasteiger partial charge in [-0.3, -0.25) is 14.9 Å². The number of aryl methyl sites for hydroxylation is 1. The first-order valence-electron chi connectivity index (χ1n) is 10.4. The second-order valence-electron chi connectivity index (χ2n) is 7.08. The number of esters is 1. The number of ether oxygens (including phenoxy) is 2. The van der Waals surface area contributed by atoms with Crippen LogP contribution in [0.3, 0.4) is 0 Å². The standard InChI is InChI=1S/C24H24N2O6S/c1-3-31-24(28)22-21(17-11-13-18(14-12-17)26(29)30)16(2)33-23(22)25-20(27)10-7-15-32-19-8-5-4-6-9-19/h4-6,8-9,11-14H,3,7,10,15H2,1-2H3,(H,25,27). The number of nitro groups is 1. The van der Waals surface area contributed by atoms with Crippen molar-refractivity contribution in [2.24, 2.45) is 0 Å². The third-order valence-electron chi connectivity index (χ3n) is 4.74. The minimum atomic E-state index is -0.557. The smallest absolute Gasteiger partial charge is 0.341 e. The summed E-state index contributed by atoms with van der Waals surface area (Å²) in [6.45, 7) is 4.10. The Kier molecular flexibility index (Phi) is 8.15. The molecule has 33 heavy (non-hydrogen) atoms. The van der Waals surface area contributed by atoms with Crippen molar-refractivity contribution in [1.82, 2.24) is 0 Å². The molecule has 1 amide bonds. The van der Waals surface area contributed by atoms with E-state index in [0.717, 1.165) is 10.6 Å². The van der Waals surface area contributed by atoms with E-state index in [1.165, 1.54) is 23.5 Å². The van der Waals surface area contributed by atoms with Crippen LogP contribution >= 0.6 is 11.3 Å². The number of carbonyl (C=O) groups is 2. The number of rotatable bonds is 10. The molecule has 2 aromatic carbocycles. The lowest BCUT2D eigenvalue weighted by molar-refractivity contribution is -0.384. The van der Waals surface area contributed by atoms with Crippen LogP contribution in [0.15, 0.2) is 54.6 Å². The molecule has 8 nitrogen and oxygen atoms in total. The van der Waals surface area contributed by atoms with Crippen molar-refractivity contribution in [2.75, 3.05) is 18.5 Å². The van der Waals surface area contributed by atoms with Gasteiger partial charge in [-0.1, -0.05) is 18.2 Å². The van der Waals surface area contributed by atoms with Crippen LogP contribution in [-0.2, 0) is 9.53 Å². The highest BCUT2D eigenvalue weighted by atomic mass is 32.1. The van der Waals surface area contributed by atoms with Gasteiger partial charge >= 0.3 is 5.97 Å². The van der Waals surface area contributed by atoms with Crippen molar-refractivity contribution in [1.29, 1.82) is 0 Å². The highest BCUT2D eigenvalue weighted by Gasteiger charge is 2.25. The molecule has 1 heterocycles. The van der Waals surface area contributed by atoms with Gasteiger partial charge in [0, 0.05) is 29.0 Å². The molecule has 0 aliphatic carbocycles. The molecule has 0 fully saturated rings. The van der Waals surface area contributed by atoms with Crippen molar-refractivity contribution in [3.63, 3.8) is 0 Å². The maximum Gasteiger partial charge on any atom is 0.341 e. The monoisotopic (exact) mass is 468 g/mol. The maximum absolute atomic E-state index is 12.8. The number of benzene rings is 2. The summed E-state index contributed by atoms with van der Waals surface area (Å²) < 4.78 is 10.8. The van der Waals surface area contributed by atoms with Gasteiger partial charge in [0.15, 0.2) is 0 Å². The minimum absolute atomic E-state index is 0.0458. The Morgan fingerprint density at radius 3 is 2.42 bits per heavy atom. The van der Waals surface area contributed by atoms with E-state index in [1.807, 2.05) is 37.3 Å². The highest BCUT2D eigenvalue weighted by Crippen LogP contribution is 2.41. The SMILES string of the molecule is CCOC(=O)c1c(NC(=O)CCCOc2ccccc2)sc(C)c1-c1ccc([N+](=O)[O-])cc1. The van der Waals surface area contributed by atoms with Crippen LogP contribution in [0.2, 0.25) is 0 Å². The van der Waals surface area contributed by atoms with Gasteiger partial charge < -0.3 is 14.8 Å². The van der Waals surface area contributed by atoms with E-state index in [-0.39, 0.29) is 30.2 Å². The third kappa shape index (κ3) is 6.17. The summed E-state index contributed by atoms with van der Waals surface area (Å²) in [5.74, 6) is -0.0595. The van der Waals surface area contributed by atoms with Gasteiger partial charge in [-0.2, -0.15) is 0 Å². The molecule has 9 heteroatoms. The normalized spacial score (nSPS) is 10.5. The minimum Gasteiger partial charge on any atom is -0.494 e. The Hall–Kier alpha value is -3.72. The zero-order valence-corrected chi connectivity index (χ0v) is 19.1. The number of hydrogen-bond acceptors (Lipinski definition) is 7. The molecule has 0 spiro atoms. The van der Waals surface area contributed by atoms with Crippen molar-refractivity contribution in [3.05, 3.63) is 75.2 Å². The Morgan fingerprint density at radius 2 is 1.79 bits per heavy atom. The van der Waals surface area contributed by atoms with Crippen molar-refractivity contribution in [3.8, 4) is 16.9 Å². The second kappa shape index (κ2) is 11.2. The van der Waals surface area contributed by atoms with Crippen molar-refractivity contribution in [2.45, 2.75) is 26.7 Å². The molecule has 0 saturated heterocycles. The van der Waals surface area contributed by atoms with E-state index in [9.17, 15) is 19.7 Å².